The first-order valence-electron chi connectivity index (χ1n) is 6.80. The van der Waals surface area contributed by atoms with Crippen LogP contribution in [0.25, 0.3) is 0 Å². The molecule has 0 aliphatic heterocycles. The average molecular weight is 268 g/mol. The monoisotopic (exact) mass is 268 g/mol. The molecule has 0 bridgehead atoms. The van der Waals surface area contributed by atoms with Gasteiger partial charge in [-0.2, -0.15) is 0 Å². The Labute approximate surface area is 120 Å². The lowest BCUT2D eigenvalue weighted by Crippen LogP contribution is -2.27. The molecule has 1 atom stereocenters. The van der Waals surface area contributed by atoms with Gasteiger partial charge in [0.2, 0.25) is 5.91 Å². The highest BCUT2D eigenvalue weighted by Gasteiger charge is 2.13. The second-order valence-corrected chi connectivity index (χ2v) is 4.84. The molecule has 0 heterocycles. The van der Waals surface area contributed by atoms with Gasteiger partial charge in [0.25, 0.3) is 0 Å². The number of amides is 1. The Hall–Kier alpha value is -2.13. The lowest BCUT2D eigenvalue weighted by atomic mass is 10.0. The molecular formula is C17H20N2O. The molecule has 3 heteroatoms. The van der Waals surface area contributed by atoms with Crippen molar-refractivity contribution in [3.05, 3.63) is 66.2 Å². The first kappa shape index (κ1) is 14.3. The lowest BCUT2D eigenvalue weighted by Gasteiger charge is -2.18. The first-order chi connectivity index (χ1) is 9.68. The number of nitrogens with zero attached hydrogens (tertiary/aromatic N) is 1. The van der Waals surface area contributed by atoms with Crippen molar-refractivity contribution in [3.63, 3.8) is 0 Å². The van der Waals surface area contributed by atoms with E-state index in [4.69, 9.17) is 5.73 Å². The van der Waals surface area contributed by atoms with Gasteiger partial charge in [-0.3, -0.25) is 4.79 Å². The number of benzene rings is 2. The number of anilines is 1. The molecule has 1 amide bonds. The molecule has 0 fully saturated rings. The molecule has 3 nitrogen and oxygen atoms in total. The van der Waals surface area contributed by atoms with Crippen molar-refractivity contribution in [2.45, 2.75) is 18.9 Å². The average Bonchev–Trinajstić information content (AvgIpc) is 2.53. The van der Waals surface area contributed by atoms with Crippen LogP contribution in [0, 0.1) is 0 Å². The fourth-order valence-electron chi connectivity index (χ4n) is 2.11. The van der Waals surface area contributed by atoms with Gasteiger partial charge in [-0.05, 0) is 24.1 Å². The number of para-hydroxylation sites is 1. The summed E-state index contributed by atoms with van der Waals surface area (Å²) in [4.78, 5) is 13.8. The van der Waals surface area contributed by atoms with Crippen molar-refractivity contribution in [1.82, 2.24) is 0 Å². The van der Waals surface area contributed by atoms with E-state index < -0.39 is 0 Å². The molecule has 0 aliphatic rings. The summed E-state index contributed by atoms with van der Waals surface area (Å²) in [5.41, 5.74) is 8.09. The van der Waals surface area contributed by atoms with Gasteiger partial charge in [-0.1, -0.05) is 48.5 Å². The van der Waals surface area contributed by atoms with Gasteiger partial charge in [0, 0.05) is 25.2 Å². The molecule has 0 aromatic heterocycles. The van der Waals surface area contributed by atoms with Crippen LogP contribution in [0.2, 0.25) is 0 Å². The minimum Gasteiger partial charge on any atom is -0.324 e. The maximum atomic E-state index is 12.1. The van der Waals surface area contributed by atoms with Crippen LogP contribution in [0.3, 0.4) is 0 Å². The summed E-state index contributed by atoms with van der Waals surface area (Å²) in [5, 5.41) is 0. The standard InChI is InChI=1S/C17H20N2O/c1-19(15-10-6-3-7-11-15)17(20)13-12-16(18)14-8-4-2-5-9-14/h2-11,16H,12-13,18H2,1H3. The third kappa shape index (κ3) is 3.68. The molecule has 2 aromatic rings. The van der Waals surface area contributed by atoms with Gasteiger partial charge in [-0.25, -0.2) is 0 Å². The van der Waals surface area contributed by atoms with Crippen LogP contribution in [-0.4, -0.2) is 13.0 Å². The molecule has 0 saturated carbocycles. The number of hydrogen-bond acceptors (Lipinski definition) is 2. The van der Waals surface area contributed by atoms with E-state index in [9.17, 15) is 4.79 Å². The summed E-state index contributed by atoms with van der Waals surface area (Å²) < 4.78 is 0. The third-order valence-electron chi connectivity index (χ3n) is 3.41. The summed E-state index contributed by atoms with van der Waals surface area (Å²) in [6.45, 7) is 0. The molecule has 2 N–H and O–H groups in total. The van der Waals surface area contributed by atoms with Crippen LogP contribution >= 0.6 is 0 Å². The van der Waals surface area contributed by atoms with E-state index in [0.717, 1.165) is 11.3 Å². The summed E-state index contributed by atoms with van der Waals surface area (Å²) in [6, 6.07) is 19.4. The summed E-state index contributed by atoms with van der Waals surface area (Å²) >= 11 is 0. The van der Waals surface area contributed by atoms with Crippen LogP contribution in [0.5, 0.6) is 0 Å². The van der Waals surface area contributed by atoms with Gasteiger partial charge < -0.3 is 10.6 Å². The highest BCUT2D eigenvalue weighted by Crippen LogP contribution is 2.18. The van der Waals surface area contributed by atoms with E-state index in [-0.39, 0.29) is 11.9 Å². The summed E-state index contributed by atoms with van der Waals surface area (Å²) in [7, 11) is 1.80. The zero-order valence-electron chi connectivity index (χ0n) is 11.7. The highest BCUT2D eigenvalue weighted by molar-refractivity contribution is 5.92. The number of hydrogen-bond donors (Lipinski definition) is 1. The second kappa shape index (κ2) is 6.87. The second-order valence-electron chi connectivity index (χ2n) is 4.84. The number of carbonyl (C=O) groups excluding carboxylic acids is 1. The van der Waals surface area contributed by atoms with Gasteiger partial charge in [0.05, 0.1) is 0 Å². The van der Waals surface area contributed by atoms with Crippen molar-refractivity contribution in [2.75, 3.05) is 11.9 Å². The maximum Gasteiger partial charge on any atom is 0.226 e. The third-order valence-corrected chi connectivity index (χ3v) is 3.41. The summed E-state index contributed by atoms with van der Waals surface area (Å²) in [6.07, 6.45) is 1.10. The van der Waals surface area contributed by atoms with E-state index in [1.807, 2.05) is 60.7 Å². The van der Waals surface area contributed by atoms with Gasteiger partial charge in [0.1, 0.15) is 0 Å². The molecule has 0 radical (unpaired) electrons. The lowest BCUT2D eigenvalue weighted by molar-refractivity contribution is -0.118. The Morgan fingerprint density at radius 1 is 1.05 bits per heavy atom. The highest BCUT2D eigenvalue weighted by atomic mass is 16.2. The fourth-order valence-corrected chi connectivity index (χ4v) is 2.11. The molecule has 1 unspecified atom stereocenters. The first-order valence-corrected chi connectivity index (χ1v) is 6.80. The number of rotatable bonds is 5. The Balaban J connectivity index is 1.89. The molecule has 20 heavy (non-hydrogen) atoms. The molecular weight excluding hydrogens is 248 g/mol. The van der Waals surface area contributed by atoms with E-state index in [1.54, 1.807) is 11.9 Å². The normalized spacial score (nSPS) is 11.9. The van der Waals surface area contributed by atoms with Crippen molar-refractivity contribution in [3.8, 4) is 0 Å². The maximum absolute atomic E-state index is 12.1. The van der Waals surface area contributed by atoms with Gasteiger partial charge in [0.15, 0.2) is 0 Å². The zero-order chi connectivity index (χ0) is 14.4. The zero-order valence-corrected chi connectivity index (χ0v) is 11.7. The number of carbonyl (C=O) groups is 1. The van der Waals surface area contributed by atoms with E-state index in [1.165, 1.54) is 0 Å². The molecule has 0 aliphatic carbocycles. The van der Waals surface area contributed by atoms with Crippen LogP contribution in [0.1, 0.15) is 24.4 Å². The van der Waals surface area contributed by atoms with Gasteiger partial charge >= 0.3 is 0 Å². The van der Waals surface area contributed by atoms with Crippen LogP contribution in [0.4, 0.5) is 5.69 Å². The Morgan fingerprint density at radius 2 is 1.60 bits per heavy atom. The quantitative estimate of drug-likeness (QED) is 0.905. The van der Waals surface area contributed by atoms with Gasteiger partial charge in [-0.15, -0.1) is 0 Å². The molecule has 0 saturated heterocycles. The fraction of sp³-hybridized carbons (Fsp3) is 0.235. The molecule has 2 rings (SSSR count). The topological polar surface area (TPSA) is 46.3 Å². The minimum absolute atomic E-state index is 0.0857. The van der Waals surface area contributed by atoms with E-state index >= 15 is 0 Å². The van der Waals surface area contributed by atoms with E-state index in [0.29, 0.717) is 12.8 Å². The van der Waals surface area contributed by atoms with Crippen LogP contribution in [-0.2, 0) is 4.79 Å². The van der Waals surface area contributed by atoms with Crippen molar-refractivity contribution in [2.24, 2.45) is 5.73 Å². The Bertz CT molecular complexity index is 539. The van der Waals surface area contributed by atoms with Crippen molar-refractivity contribution < 1.29 is 4.79 Å². The Morgan fingerprint density at radius 3 is 2.20 bits per heavy atom. The predicted molar refractivity (Wildman–Crippen MR) is 82.5 cm³/mol. The molecule has 104 valence electrons. The smallest absolute Gasteiger partial charge is 0.226 e. The largest absolute Gasteiger partial charge is 0.324 e. The SMILES string of the molecule is CN(C(=O)CCC(N)c1ccccc1)c1ccccc1. The summed E-state index contributed by atoms with van der Waals surface area (Å²) in [5.74, 6) is 0.0857. The van der Waals surface area contributed by atoms with Crippen molar-refractivity contribution >= 4 is 11.6 Å². The Kier molecular flexibility index (Phi) is 4.91. The van der Waals surface area contributed by atoms with E-state index in [2.05, 4.69) is 0 Å². The molecule has 2 aromatic carbocycles. The van der Waals surface area contributed by atoms with Crippen molar-refractivity contribution in [1.29, 1.82) is 0 Å². The van der Waals surface area contributed by atoms with Crippen LogP contribution in [0.15, 0.2) is 60.7 Å². The predicted octanol–water partition coefficient (Wildman–Crippen LogP) is 3.13. The number of nitrogens with two attached hydrogens (primary N) is 1. The molecule has 0 spiro atoms. The minimum atomic E-state index is -0.0932. The van der Waals surface area contributed by atoms with Crippen LogP contribution < -0.4 is 10.6 Å².